The first-order valence-corrected chi connectivity index (χ1v) is 13.4. The van der Waals surface area contributed by atoms with E-state index in [2.05, 4.69) is 15.5 Å². The first-order chi connectivity index (χ1) is 19.5. The molecule has 0 fully saturated rings. The van der Waals surface area contributed by atoms with Gasteiger partial charge in [-0.25, -0.2) is 0 Å². The van der Waals surface area contributed by atoms with Crippen molar-refractivity contribution in [2.24, 2.45) is 0 Å². The average molecular weight is 552 g/mol. The van der Waals surface area contributed by atoms with Crippen molar-refractivity contribution in [3.8, 4) is 22.6 Å². The van der Waals surface area contributed by atoms with Crippen molar-refractivity contribution in [2.45, 2.75) is 17.5 Å². The van der Waals surface area contributed by atoms with Crippen LogP contribution in [0.4, 0.5) is 5.69 Å². The third-order valence-corrected chi connectivity index (χ3v) is 7.18. The first kappa shape index (κ1) is 26.6. The summed E-state index contributed by atoms with van der Waals surface area (Å²) in [4.78, 5) is 23.7. The number of amides is 1. The van der Waals surface area contributed by atoms with E-state index >= 15 is 0 Å². The van der Waals surface area contributed by atoms with Gasteiger partial charge in [0.25, 0.3) is 11.6 Å². The summed E-state index contributed by atoms with van der Waals surface area (Å²) < 4.78 is 7.12. The maximum absolute atomic E-state index is 13.0. The molecule has 9 nitrogen and oxygen atoms in total. The van der Waals surface area contributed by atoms with E-state index in [1.54, 1.807) is 35.9 Å². The fourth-order valence-corrected chi connectivity index (χ4v) is 5.02. The summed E-state index contributed by atoms with van der Waals surface area (Å²) in [5, 5.41) is 23.4. The summed E-state index contributed by atoms with van der Waals surface area (Å²) in [5.41, 5.74) is 4.29. The molecule has 4 aromatic carbocycles. The number of nitrogens with zero attached hydrogens (tertiary/aromatic N) is 4. The Morgan fingerprint density at radius 2 is 1.65 bits per heavy atom. The minimum absolute atomic E-state index is 0.0174. The van der Waals surface area contributed by atoms with Gasteiger partial charge in [-0.1, -0.05) is 66.4 Å². The topological polar surface area (TPSA) is 112 Å². The lowest BCUT2D eigenvalue weighted by Gasteiger charge is -2.11. The van der Waals surface area contributed by atoms with Gasteiger partial charge in [0.15, 0.2) is 11.0 Å². The normalized spacial score (nSPS) is 10.7. The summed E-state index contributed by atoms with van der Waals surface area (Å²) >= 11 is 1.46. The fraction of sp³-hybridized carbons (Fsp3) is 0.100. The number of thioether (sulfide) groups is 1. The van der Waals surface area contributed by atoms with Crippen LogP contribution in [0.3, 0.4) is 0 Å². The molecule has 0 aliphatic heterocycles. The zero-order valence-corrected chi connectivity index (χ0v) is 22.4. The Morgan fingerprint density at radius 1 is 0.925 bits per heavy atom. The zero-order valence-electron chi connectivity index (χ0n) is 21.6. The molecule has 5 rings (SSSR count). The number of nitro groups is 1. The van der Waals surface area contributed by atoms with Crippen molar-refractivity contribution in [3.05, 3.63) is 130 Å². The number of benzene rings is 4. The van der Waals surface area contributed by atoms with Gasteiger partial charge in [-0.15, -0.1) is 10.2 Å². The predicted molar refractivity (Wildman–Crippen MR) is 154 cm³/mol. The molecule has 0 spiro atoms. The molecule has 1 amide bonds. The van der Waals surface area contributed by atoms with Gasteiger partial charge in [0.05, 0.1) is 18.6 Å². The summed E-state index contributed by atoms with van der Waals surface area (Å²) in [6, 6.07) is 31.2. The summed E-state index contributed by atoms with van der Waals surface area (Å²) in [5.74, 6) is 1.61. The van der Waals surface area contributed by atoms with E-state index in [1.165, 1.54) is 23.9 Å². The molecule has 40 heavy (non-hydrogen) atoms. The Kier molecular flexibility index (Phi) is 8.17. The standard InChI is InChI=1S/C30H25N5O4S/c1-39-27-9-5-6-21(18-27)20-40-30-33-32-28(34(30)25-14-16-26(17-15-25)35(37)38)19-31-29(36)24-12-10-23(11-13-24)22-7-3-2-4-8-22/h2-18H,19-20H2,1H3,(H,31,36). The monoisotopic (exact) mass is 551 g/mol. The van der Waals surface area contributed by atoms with Crippen molar-refractivity contribution in [1.82, 2.24) is 20.1 Å². The van der Waals surface area contributed by atoms with Crippen molar-refractivity contribution < 1.29 is 14.5 Å². The van der Waals surface area contributed by atoms with Crippen LogP contribution >= 0.6 is 11.8 Å². The lowest BCUT2D eigenvalue weighted by molar-refractivity contribution is -0.384. The molecule has 1 aromatic heterocycles. The maximum Gasteiger partial charge on any atom is 0.269 e. The molecule has 1 heterocycles. The van der Waals surface area contributed by atoms with E-state index in [4.69, 9.17) is 4.74 Å². The second-order valence-corrected chi connectivity index (χ2v) is 9.72. The van der Waals surface area contributed by atoms with Crippen molar-refractivity contribution in [3.63, 3.8) is 0 Å². The molecular weight excluding hydrogens is 526 g/mol. The summed E-state index contributed by atoms with van der Waals surface area (Å²) in [7, 11) is 1.62. The third kappa shape index (κ3) is 6.19. The van der Waals surface area contributed by atoms with E-state index in [1.807, 2.05) is 66.7 Å². The first-order valence-electron chi connectivity index (χ1n) is 12.4. The van der Waals surface area contributed by atoms with Crippen LogP contribution in [-0.4, -0.2) is 32.7 Å². The maximum atomic E-state index is 13.0. The van der Waals surface area contributed by atoms with Crippen molar-refractivity contribution in [1.29, 1.82) is 0 Å². The van der Waals surface area contributed by atoms with Crippen LogP contribution < -0.4 is 10.1 Å². The molecule has 5 aromatic rings. The number of non-ortho nitro benzene ring substituents is 1. The number of nitrogens with one attached hydrogen (secondary N) is 1. The third-order valence-electron chi connectivity index (χ3n) is 6.18. The van der Waals surface area contributed by atoms with E-state index in [9.17, 15) is 14.9 Å². The highest BCUT2D eigenvalue weighted by atomic mass is 32.2. The largest absolute Gasteiger partial charge is 0.497 e. The number of methoxy groups -OCH3 is 1. The molecule has 0 aliphatic carbocycles. The Hall–Kier alpha value is -4.96. The number of aromatic nitrogens is 3. The smallest absolute Gasteiger partial charge is 0.269 e. The quantitative estimate of drug-likeness (QED) is 0.127. The Labute approximate surface area is 235 Å². The van der Waals surface area contributed by atoms with Gasteiger partial charge in [0, 0.05) is 29.1 Å². The van der Waals surface area contributed by atoms with Crippen LogP contribution in [0, 0.1) is 10.1 Å². The lowest BCUT2D eigenvalue weighted by Crippen LogP contribution is -2.24. The van der Waals surface area contributed by atoms with Crippen LogP contribution in [0.5, 0.6) is 5.75 Å². The number of carbonyl (C=O) groups is 1. The number of hydrogen-bond acceptors (Lipinski definition) is 7. The van der Waals surface area contributed by atoms with Crippen molar-refractivity contribution >= 4 is 23.4 Å². The van der Waals surface area contributed by atoms with Crippen LogP contribution in [-0.2, 0) is 12.3 Å². The zero-order chi connectivity index (χ0) is 27.9. The minimum Gasteiger partial charge on any atom is -0.497 e. The van der Waals surface area contributed by atoms with Crippen LogP contribution in [0.15, 0.2) is 108 Å². The molecule has 10 heteroatoms. The predicted octanol–water partition coefficient (Wildman–Crippen LogP) is 6.07. The molecule has 1 N–H and O–H groups in total. The second kappa shape index (κ2) is 12.3. The second-order valence-electron chi connectivity index (χ2n) is 8.77. The Balaban J connectivity index is 1.35. The number of rotatable bonds is 10. The van der Waals surface area contributed by atoms with Crippen molar-refractivity contribution in [2.75, 3.05) is 7.11 Å². The Bertz CT molecular complexity index is 1620. The van der Waals surface area contributed by atoms with Gasteiger partial charge >= 0.3 is 0 Å². The van der Waals surface area contributed by atoms with E-state index < -0.39 is 4.92 Å². The Morgan fingerprint density at radius 3 is 2.35 bits per heavy atom. The highest BCUT2D eigenvalue weighted by Crippen LogP contribution is 2.28. The number of carbonyl (C=O) groups excluding carboxylic acids is 1. The number of nitro benzene ring substituents is 1. The molecule has 0 unspecified atom stereocenters. The molecule has 200 valence electrons. The van der Waals surface area contributed by atoms with E-state index in [-0.39, 0.29) is 18.1 Å². The SMILES string of the molecule is COc1cccc(CSc2nnc(CNC(=O)c3ccc(-c4ccccc4)cc3)n2-c2ccc([N+](=O)[O-])cc2)c1. The summed E-state index contributed by atoms with van der Waals surface area (Å²) in [6.45, 7) is 0.114. The van der Waals surface area contributed by atoms with E-state index in [0.717, 1.165) is 22.4 Å². The van der Waals surface area contributed by atoms with Gasteiger partial charge in [-0.3, -0.25) is 19.5 Å². The number of ether oxygens (including phenoxy) is 1. The molecule has 0 saturated heterocycles. The van der Waals surface area contributed by atoms with Gasteiger partial charge < -0.3 is 10.1 Å². The molecule has 0 atom stereocenters. The van der Waals surface area contributed by atoms with Crippen LogP contribution in [0.2, 0.25) is 0 Å². The molecule has 0 saturated carbocycles. The van der Waals surface area contributed by atoms with Crippen LogP contribution in [0.1, 0.15) is 21.7 Å². The average Bonchev–Trinajstić information content (AvgIpc) is 3.42. The van der Waals surface area contributed by atoms with Gasteiger partial charge in [0.2, 0.25) is 0 Å². The van der Waals surface area contributed by atoms with Gasteiger partial charge in [0.1, 0.15) is 5.75 Å². The number of hydrogen-bond donors (Lipinski definition) is 1. The highest BCUT2D eigenvalue weighted by Gasteiger charge is 2.17. The highest BCUT2D eigenvalue weighted by molar-refractivity contribution is 7.98. The summed E-state index contributed by atoms with van der Waals surface area (Å²) in [6.07, 6.45) is 0. The molecule has 0 bridgehead atoms. The molecule has 0 radical (unpaired) electrons. The lowest BCUT2D eigenvalue weighted by atomic mass is 10.0. The van der Waals surface area contributed by atoms with Gasteiger partial charge in [-0.05, 0) is 53.1 Å². The minimum atomic E-state index is -0.446. The molecular formula is C30H25N5O4S. The fourth-order valence-electron chi connectivity index (χ4n) is 4.11. The van der Waals surface area contributed by atoms with Gasteiger partial charge in [-0.2, -0.15) is 0 Å². The van der Waals surface area contributed by atoms with Crippen LogP contribution in [0.25, 0.3) is 16.8 Å². The van der Waals surface area contributed by atoms with E-state index in [0.29, 0.717) is 28.0 Å². The molecule has 0 aliphatic rings.